The lowest BCUT2D eigenvalue weighted by Gasteiger charge is -2.20. The molecule has 2 heterocycles. The number of rotatable bonds is 2. The molecule has 0 unspecified atom stereocenters. The van der Waals surface area contributed by atoms with E-state index in [0.717, 1.165) is 24.3 Å². The van der Waals surface area contributed by atoms with Gasteiger partial charge in [-0.1, -0.05) is 29.8 Å². The maximum absolute atomic E-state index is 6.37. The molecule has 0 fully saturated rings. The summed E-state index contributed by atoms with van der Waals surface area (Å²) >= 11 is 6.37. The van der Waals surface area contributed by atoms with E-state index in [0.29, 0.717) is 11.6 Å². The quantitative estimate of drug-likeness (QED) is 0.902. The van der Waals surface area contributed by atoms with Gasteiger partial charge in [0.05, 0.1) is 5.02 Å². The number of pyridine rings is 1. The lowest BCUT2D eigenvalue weighted by Crippen LogP contribution is -2.16. The molecule has 1 aliphatic rings. The van der Waals surface area contributed by atoms with Gasteiger partial charge in [-0.2, -0.15) is 0 Å². The fourth-order valence-electron chi connectivity index (χ4n) is 2.38. The van der Waals surface area contributed by atoms with Crippen LogP contribution in [-0.4, -0.2) is 11.5 Å². The number of hydrogen-bond acceptors (Lipinski definition) is 3. The molecular formula is C14H14ClN3. The third-order valence-electron chi connectivity index (χ3n) is 3.31. The van der Waals surface area contributed by atoms with E-state index in [4.69, 9.17) is 17.3 Å². The number of nitrogens with two attached hydrogens (primary N) is 1. The summed E-state index contributed by atoms with van der Waals surface area (Å²) in [6, 6.07) is 10.2. The molecule has 1 aromatic heterocycles. The standard InChI is InChI=1S/C14H14ClN3/c15-13-11(9-16)5-7-17-14(13)18-8-6-10-3-1-2-4-12(10)18/h1-5,7H,6,8-9,16H2. The van der Waals surface area contributed by atoms with Crippen LogP contribution in [0.3, 0.4) is 0 Å². The summed E-state index contributed by atoms with van der Waals surface area (Å²) in [4.78, 5) is 6.57. The zero-order valence-corrected chi connectivity index (χ0v) is 10.7. The Morgan fingerprint density at radius 1 is 1.28 bits per heavy atom. The van der Waals surface area contributed by atoms with Crippen molar-refractivity contribution in [3.63, 3.8) is 0 Å². The highest BCUT2D eigenvalue weighted by Gasteiger charge is 2.23. The Labute approximate surface area is 111 Å². The van der Waals surface area contributed by atoms with Gasteiger partial charge in [-0.3, -0.25) is 0 Å². The SMILES string of the molecule is NCc1ccnc(N2CCc3ccccc32)c1Cl. The highest BCUT2D eigenvalue weighted by atomic mass is 35.5. The number of hydrogen-bond donors (Lipinski definition) is 1. The van der Waals surface area contributed by atoms with Crippen LogP contribution in [0.2, 0.25) is 5.02 Å². The van der Waals surface area contributed by atoms with Crippen LogP contribution in [0.4, 0.5) is 11.5 Å². The maximum Gasteiger partial charge on any atom is 0.152 e. The smallest absolute Gasteiger partial charge is 0.152 e. The number of nitrogens with zero attached hydrogens (tertiary/aromatic N) is 2. The van der Waals surface area contributed by atoms with E-state index in [-0.39, 0.29) is 0 Å². The Balaban J connectivity index is 2.08. The molecule has 92 valence electrons. The van der Waals surface area contributed by atoms with Crippen molar-refractivity contribution in [1.29, 1.82) is 0 Å². The maximum atomic E-state index is 6.37. The Hall–Kier alpha value is -1.58. The van der Waals surface area contributed by atoms with Crippen molar-refractivity contribution in [3.8, 4) is 0 Å². The van der Waals surface area contributed by atoms with Gasteiger partial charge < -0.3 is 10.6 Å². The molecule has 18 heavy (non-hydrogen) atoms. The average Bonchev–Trinajstić information content (AvgIpc) is 2.83. The molecule has 1 aliphatic heterocycles. The molecular weight excluding hydrogens is 246 g/mol. The summed E-state index contributed by atoms with van der Waals surface area (Å²) in [6.07, 6.45) is 2.80. The molecule has 3 nitrogen and oxygen atoms in total. The van der Waals surface area contributed by atoms with E-state index >= 15 is 0 Å². The second-order valence-electron chi connectivity index (χ2n) is 4.34. The van der Waals surface area contributed by atoms with Gasteiger partial charge >= 0.3 is 0 Å². The highest BCUT2D eigenvalue weighted by molar-refractivity contribution is 6.33. The Kier molecular flexibility index (Phi) is 2.94. The van der Waals surface area contributed by atoms with Crippen molar-refractivity contribution in [2.45, 2.75) is 13.0 Å². The first-order chi connectivity index (χ1) is 8.81. The Bertz CT molecular complexity index is 583. The van der Waals surface area contributed by atoms with Crippen LogP contribution in [0.1, 0.15) is 11.1 Å². The van der Waals surface area contributed by atoms with Gasteiger partial charge in [-0.25, -0.2) is 4.98 Å². The molecule has 0 saturated heterocycles. The number of halogens is 1. The van der Waals surface area contributed by atoms with Crippen LogP contribution in [0.25, 0.3) is 0 Å². The largest absolute Gasteiger partial charge is 0.326 e. The van der Waals surface area contributed by atoms with E-state index in [2.05, 4.69) is 28.1 Å². The second-order valence-corrected chi connectivity index (χ2v) is 4.72. The predicted octanol–water partition coefficient (Wildman–Crippen LogP) is 2.89. The van der Waals surface area contributed by atoms with Gasteiger partial charge in [0, 0.05) is 25.0 Å². The fraction of sp³-hybridized carbons (Fsp3) is 0.214. The van der Waals surface area contributed by atoms with Crippen molar-refractivity contribution < 1.29 is 0 Å². The minimum absolute atomic E-state index is 0.434. The van der Waals surface area contributed by atoms with Crippen molar-refractivity contribution >= 4 is 23.1 Å². The third kappa shape index (κ3) is 1.76. The van der Waals surface area contributed by atoms with Gasteiger partial charge in [0.25, 0.3) is 0 Å². The van der Waals surface area contributed by atoms with Gasteiger partial charge in [-0.05, 0) is 29.7 Å². The summed E-state index contributed by atoms with van der Waals surface area (Å²) in [5.41, 5.74) is 9.15. The first-order valence-electron chi connectivity index (χ1n) is 6.00. The van der Waals surface area contributed by atoms with Gasteiger partial charge in [0.1, 0.15) is 0 Å². The van der Waals surface area contributed by atoms with Gasteiger partial charge in [-0.15, -0.1) is 0 Å². The number of aromatic nitrogens is 1. The van der Waals surface area contributed by atoms with Gasteiger partial charge in [0.2, 0.25) is 0 Å². The zero-order chi connectivity index (χ0) is 12.5. The molecule has 0 aliphatic carbocycles. The van der Waals surface area contributed by atoms with Crippen molar-refractivity contribution in [2.24, 2.45) is 5.73 Å². The molecule has 1 aromatic carbocycles. The molecule has 0 amide bonds. The van der Waals surface area contributed by atoms with Crippen LogP contribution in [0.15, 0.2) is 36.5 Å². The summed E-state index contributed by atoms with van der Waals surface area (Å²) in [5.74, 6) is 0.810. The molecule has 0 spiro atoms. The molecule has 0 radical (unpaired) electrons. The van der Waals surface area contributed by atoms with Gasteiger partial charge in [0.15, 0.2) is 5.82 Å². The fourth-order valence-corrected chi connectivity index (χ4v) is 2.67. The Morgan fingerprint density at radius 2 is 2.11 bits per heavy atom. The van der Waals surface area contributed by atoms with E-state index in [1.165, 1.54) is 11.3 Å². The van der Waals surface area contributed by atoms with Crippen LogP contribution < -0.4 is 10.6 Å². The molecule has 0 atom stereocenters. The first kappa shape index (κ1) is 11.5. The number of benzene rings is 1. The molecule has 2 aromatic rings. The normalized spacial score (nSPS) is 13.8. The number of anilines is 2. The molecule has 4 heteroatoms. The predicted molar refractivity (Wildman–Crippen MR) is 74.3 cm³/mol. The van der Waals surface area contributed by atoms with Crippen molar-refractivity contribution in [1.82, 2.24) is 4.98 Å². The topological polar surface area (TPSA) is 42.1 Å². The number of fused-ring (bicyclic) bond motifs is 1. The lowest BCUT2D eigenvalue weighted by molar-refractivity contribution is 0.964. The van der Waals surface area contributed by atoms with E-state index in [9.17, 15) is 0 Å². The Morgan fingerprint density at radius 3 is 2.94 bits per heavy atom. The first-order valence-corrected chi connectivity index (χ1v) is 6.38. The second kappa shape index (κ2) is 4.59. The summed E-state index contributed by atoms with van der Waals surface area (Å²) in [5, 5.41) is 0.664. The monoisotopic (exact) mass is 259 g/mol. The highest BCUT2D eigenvalue weighted by Crippen LogP contribution is 2.37. The minimum atomic E-state index is 0.434. The van der Waals surface area contributed by atoms with Crippen molar-refractivity contribution in [3.05, 3.63) is 52.7 Å². The zero-order valence-electron chi connectivity index (χ0n) is 9.94. The van der Waals surface area contributed by atoms with Crippen LogP contribution in [-0.2, 0) is 13.0 Å². The third-order valence-corrected chi connectivity index (χ3v) is 3.73. The average molecular weight is 260 g/mol. The summed E-state index contributed by atoms with van der Waals surface area (Å²) in [6.45, 7) is 1.35. The van der Waals surface area contributed by atoms with E-state index in [1.54, 1.807) is 6.20 Å². The lowest BCUT2D eigenvalue weighted by atomic mass is 10.2. The molecule has 2 N–H and O–H groups in total. The van der Waals surface area contributed by atoms with E-state index in [1.807, 2.05) is 12.1 Å². The molecule has 3 rings (SSSR count). The van der Waals surface area contributed by atoms with Crippen LogP contribution >= 0.6 is 11.6 Å². The van der Waals surface area contributed by atoms with Crippen LogP contribution in [0.5, 0.6) is 0 Å². The minimum Gasteiger partial charge on any atom is -0.326 e. The molecule has 0 saturated carbocycles. The summed E-state index contributed by atoms with van der Waals surface area (Å²) in [7, 11) is 0. The number of para-hydroxylation sites is 1. The van der Waals surface area contributed by atoms with Crippen LogP contribution in [0, 0.1) is 0 Å². The summed E-state index contributed by atoms with van der Waals surface area (Å²) < 4.78 is 0. The van der Waals surface area contributed by atoms with Crippen molar-refractivity contribution in [2.75, 3.05) is 11.4 Å². The molecule has 0 bridgehead atoms. The van der Waals surface area contributed by atoms with E-state index < -0.39 is 0 Å².